The fourth-order valence-electron chi connectivity index (χ4n) is 5.87. The summed E-state index contributed by atoms with van der Waals surface area (Å²) in [6.07, 6.45) is 0.765. The van der Waals surface area contributed by atoms with Crippen LogP contribution in [-0.4, -0.2) is 46.9 Å². The number of aryl methyl sites for hydroxylation is 1. The van der Waals surface area contributed by atoms with E-state index in [9.17, 15) is 28.1 Å². The maximum absolute atomic E-state index is 13.2. The number of carbonyl (C=O) groups excluding carboxylic acids is 1. The molecule has 0 saturated carbocycles. The molecule has 6 rings (SSSR count). The largest absolute Gasteiger partial charge is 0.467 e. The lowest BCUT2D eigenvalue weighted by molar-refractivity contribution is -0.384. The standard InChI is InChI=1S/C30H29F3N6O4/c31-30(32,33)18-5-8-25(26(15-18)39(41)42)38-12-10-37(11-13-38)17-27-21(9-14-43-27)29(40)35-19-6-7-24-22(16-19)28(34)20-3-1-2-4-23(20)36-24/h5-9,14-16H,1-4,10-13,17H2,(H2,34,36)(H,35,40). The van der Waals surface area contributed by atoms with E-state index in [1.165, 1.54) is 6.26 Å². The Hall–Kier alpha value is -4.65. The number of nitro groups is 1. The fraction of sp³-hybridized carbons (Fsp3) is 0.333. The summed E-state index contributed by atoms with van der Waals surface area (Å²) in [6, 6.07) is 9.66. The van der Waals surface area contributed by atoms with Crippen molar-refractivity contribution >= 4 is 39.6 Å². The molecule has 0 atom stereocenters. The number of nitrogen functional groups attached to an aromatic ring is 1. The van der Waals surface area contributed by atoms with Crippen LogP contribution < -0.4 is 16.0 Å². The highest BCUT2D eigenvalue weighted by Gasteiger charge is 2.34. The van der Waals surface area contributed by atoms with E-state index >= 15 is 0 Å². The molecule has 4 aromatic rings. The molecule has 13 heteroatoms. The van der Waals surface area contributed by atoms with Crippen molar-refractivity contribution in [2.45, 2.75) is 38.4 Å². The average molecular weight is 595 g/mol. The van der Waals surface area contributed by atoms with Crippen LogP contribution in [0.4, 0.5) is 35.9 Å². The van der Waals surface area contributed by atoms with Crippen molar-refractivity contribution in [3.63, 3.8) is 0 Å². The van der Waals surface area contributed by atoms with Gasteiger partial charge >= 0.3 is 6.18 Å². The number of nitro benzene ring substituents is 1. The van der Waals surface area contributed by atoms with Crippen LogP contribution in [0.3, 0.4) is 0 Å². The Balaban J connectivity index is 1.12. The van der Waals surface area contributed by atoms with E-state index < -0.39 is 22.4 Å². The van der Waals surface area contributed by atoms with Gasteiger partial charge in [-0.1, -0.05) is 0 Å². The number of piperazine rings is 1. The van der Waals surface area contributed by atoms with Crippen molar-refractivity contribution < 1.29 is 27.3 Å². The molecule has 2 aliphatic rings. The number of carbonyl (C=O) groups is 1. The van der Waals surface area contributed by atoms with Gasteiger partial charge in [0.15, 0.2) is 0 Å². The van der Waals surface area contributed by atoms with Crippen LogP contribution in [0, 0.1) is 10.1 Å². The van der Waals surface area contributed by atoms with Crippen molar-refractivity contribution in [3.8, 4) is 0 Å². The van der Waals surface area contributed by atoms with Crippen molar-refractivity contribution in [2.24, 2.45) is 0 Å². The summed E-state index contributed by atoms with van der Waals surface area (Å²) < 4.78 is 44.9. The molecule has 3 N–H and O–H groups in total. The number of furan rings is 1. The van der Waals surface area contributed by atoms with E-state index in [1.54, 1.807) is 17.0 Å². The summed E-state index contributed by atoms with van der Waals surface area (Å²) in [5, 5.41) is 15.3. The molecule has 2 aromatic heterocycles. The molecule has 43 heavy (non-hydrogen) atoms. The summed E-state index contributed by atoms with van der Waals surface area (Å²) in [4.78, 5) is 32.5. The number of nitrogens with zero attached hydrogens (tertiary/aromatic N) is 4. The normalized spacial score (nSPS) is 15.8. The molecule has 1 aliphatic heterocycles. The van der Waals surface area contributed by atoms with E-state index in [-0.39, 0.29) is 11.6 Å². The molecule has 2 aromatic carbocycles. The zero-order valence-corrected chi connectivity index (χ0v) is 23.1. The number of fused-ring (bicyclic) bond motifs is 2. The molecule has 0 radical (unpaired) electrons. The molecule has 0 bridgehead atoms. The minimum atomic E-state index is -4.67. The maximum atomic E-state index is 13.2. The number of anilines is 3. The molecule has 10 nitrogen and oxygen atoms in total. The first-order chi connectivity index (χ1) is 20.6. The van der Waals surface area contributed by atoms with Gasteiger partial charge in [-0.15, -0.1) is 0 Å². The second kappa shape index (κ2) is 11.2. The van der Waals surface area contributed by atoms with Crippen LogP contribution in [0.25, 0.3) is 10.9 Å². The van der Waals surface area contributed by atoms with Gasteiger partial charge in [-0.25, -0.2) is 0 Å². The topological polar surface area (TPSA) is 131 Å². The number of hydrogen-bond acceptors (Lipinski definition) is 8. The van der Waals surface area contributed by atoms with E-state index in [4.69, 9.17) is 15.1 Å². The lowest BCUT2D eigenvalue weighted by Crippen LogP contribution is -2.46. The number of benzene rings is 2. The number of alkyl halides is 3. The Kier molecular flexibility index (Phi) is 7.42. The fourth-order valence-corrected chi connectivity index (χ4v) is 5.87. The monoisotopic (exact) mass is 594 g/mol. The number of halogens is 3. The minimum absolute atomic E-state index is 0.141. The predicted octanol–water partition coefficient (Wildman–Crippen LogP) is 5.79. The summed E-state index contributed by atoms with van der Waals surface area (Å²) >= 11 is 0. The Morgan fingerprint density at radius 3 is 2.58 bits per heavy atom. The molecule has 224 valence electrons. The second-order valence-corrected chi connectivity index (χ2v) is 10.8. The van der Waals surface area contributed by atoms with Crippen LogP contribution in [0.15, 0.2) is 53.1 Å². The van der Waals surface area contributed by atoms with E-state index in [2.05, 4.69) is 5.32 Å². The molecule has 1 fully saturated rings. The number of pyridine rings is 1. The summed E-state index contributed by atoms with van der Waals surface area (Å²) in [5.74, 6) is 0.120. The van der Waals surface area contributed by atoms with E-state index in [0.29, 0.717) is 61.5 Å². The summed E-state index contributed by atoms with van der Waals surface area (Å²) in [7, 11) is 0. The third kappa shape index (κ3) is 5.72. The summed E-state index contributed by atoms with van der Waals surface area (Å²) in [5.41, 5.74) is 9.59. The Morgan fingerprint density at radius 1 is 1.07 bits per heavy atom. The van der Waals surface area contributed by atoms with Crippen molar-refractivity contribution in [3.05, 3.63) is 87.0 Å². The number of nitrogens with two attached hydrogens (primary N) is 1. The van der Waals surface area contributed by atoms with Crippen molar-refractivity contribution in [1.82, 2.24) is 9.88 Å². The van der Waals surface area contributed by atoms with Crippen molar-refractivity contribution in [1.29, 1.82) is 0 Å². The van der Waals surface area contributed by atoms with Gasteiger partial charge in [0.1, 0.15) is 11.4 Å². The van der Waals surface area contributed by atoms with Gasteiger partial charge < -0.3 is 20.4 Å². The van der Waals surface area contributed by atoms with E-state index in [0.717, 1.165) is 60.0 Å². The maximum Gasteiger partial charge on any atom is 0.416 e. The number of nitrogens with one attached hydrogen (secondary N) is 1. The quantitative estimate of drug-likeness (QED) is 0.212. The SMILES string of the molecule is Nc1c2c(nc3ccc(NC(=O)c4ccoc4CN4CCN(c5ccc(C(F)(F)F)cc5[N+](=O)[O-])CC4)cc13)CCCC2. The average Bonchev–Trinajstić information content (AvgIpc) is 3.45. The van der Waals surface area contributed by atoms with Gasteiger partial charge in [0.25, 0.3) is 11.6 Å². The van der Waals surface area contributed by atoms with Gasteiger partial charge in [0.05, 0.1) is 34.4 Å². The van der Waals surface area contributed by atoms with Crippen LogP contribution in [-0.2, 0) is 25.6 Å². The second-order valence-electron chi connectivity index (χ2n) is 10.8. The first-order valence-corrected chi connectivity index (χ1v) is 14.0. The Bertz CT molecular complexity index is 1710. The molecule has 1 saturated heterocycles. The predicted molar refractivity (Wildman–Crippen MR) is 155 cm³/mol. The van der Waals surface area contributed by atoms with Gasteiger partial charge in [-0.3, -0.25) is 24.8 Å². The Labute approximate surface area is 244 Å². The number of amides is 1. The smallest absolute Gasteiger partial charge is 0.416 e. The van der Waals surface area contributed by atoms with Gasteiger partial charge in [-0.05, 0) is 67.6 Å². The van der Waals surface area contributed by atoms with Crippen molar-refractivity contribution in [2.75, 3.05) is 42.1 Å². The van der Waals surface area contributed by atoms with Crippen LogP contribution in [0.1, 0.15) is 45.8 Å². The van der Waals surface area contributed by atoms with Gasteiger partial charge in [0.2, 0.25) is 0 Å². The molecule has 1 aliphatic carbocycles. The summed E-state index contributed by atoms with van der Waals surface area (Å²) in [6.45, 7) is 1.94. The molecule has 0 unspecified atom stereocenters. The van der Waals surface area contributed by atoms with Crippen LogP contribution in [0.2, 0.25) is 0 Å². The van der Waals surface area contributed by atoms with Gasteiger partial charge in [0, 0.05) is 54.7 Å². The minimum Gasteiger partial charge on any atom is -0.467 e. The number of aromatic nitrogens is 1. The first kappa shape index (κ1) is 28.5. The third-order valence-electron chi connectivity index (χ3n) is 8.13. The van der Waals surface area contributed by atoms with Crippen LogP contribution >= 0.6 is 0 Å². The molecular weight excluding hydrogens is 565 g/mol. The molecule has 1 amide bonds. The molecular formula is C30H29F3N6O4. The third-order valence-corrected chi connectivity index (χ3v) is 8.13. The highest BCUT2D eigenvalue weighted by molar-refractivity contribution is 6.06. The van der Waals surface area contributed by atoms with Gasteiger partial charge in [-0.2, -0.15) is 13.2 Å². The first-order valence-electron chi connectivity index (χ1n) is 14.0. The van der Waals surface area contributed by atoms with E-state index in [1.807, 2.05) is 17.0 Å². The highest BCUT2D eigenvalue weighted by Crippen LogP contribution is 2.37. The molecule has 0 spiro atoms. The van der Waals surface area contributed by atoms with Crippen LogP contribution in [0.5, 0.6) is 0 Å². The highest BCUT2D eigenvalue weighted by atomic mass is 19.4. The Morgan fingerprint density at radius 2 is 1.84 bits per heavy atom. The lowest BCUT2D eigenvalue weighted by Gasteiger charge is -2.35. The zero-order valence-electron chi connectivity index (χ0n) is 23.1. The lowest BCUT2D eigenvalue weighted by atomic mass is 9.93. The number of hydrogen-bond donors (Lipinski definition) is 2. The number of rotatable bonds is 6. The zero-order chi connectivity index (χ0) is 30.3. The molecule has 3 heterocycles.